The summed E-state index contributed by atoms with van der Waals surface area (Å²) in [5.41, 5.74) is 2.11. The molecule has 0 bridgehead atoms. The van der Waals surface area contributed by atoms with Gasteiger partial charge in [0.1, 0.15) is 11.5 Å². The van der Waals surface area contributed by atoms with Gasteiger partial charge in [0.25, 0.3) is 5.88 Å². The third-order valence-corrected chi connectivity index (χ3v) is 3.06. The van der Waals surface area contributed by atoms with Gasteiger partial charge in [-0.05, 0) is 36.8 Å². The molecule has 2 aromatic rings. The standard InChI is InChI=1S/C15H11NO3/c1-9-2-3-10-7-11-4-5-12(15(17)16-18)8-14(11)19-13(10)6-9/h2-8,17H,1H3/b15-12-. The minimum absolute atomic E-state index is 0.346. The SMILES string of the molecule is Cc1ccc2c(c1)Oc1c/c(=C(\O)N=O)ccc1=C2. The predicted molar refractivity (Wildman–Crippen MR) is 72.3 cm³/mol. The number of aliphatic hydroxyl groups is 1. The molecule has 19 heavy (non-hydrogen) atoms. The Bertz CT molecular complexity index is 794. The number of nitrogens with zero attached hydrogens (tertiary/aromatic N) is 1. The molecule has 0 radical (unpaired) electrons. The Labute approximate surface area is 109 Å². The average molecular weight is 253 g/mol. The topological polar surface area (TPSA) is 58.9 Å². The Balaban J connectivity index is 2.23. The molecule has 0 saturated carbocycles. The molecule has 0 fully saturated rings. The van der Waals surface area contributed by atoms with E-state index in [2.05, 4.69) is 5.18 Å². The number of fused-ring (bicyclic) bond motifs is 2. The van der Waals surface area contributed by atoms with Crippen LogP contribution < -0.4 is 15.2 Å². The maximum atomic E-state index is 10.3. The zero-order chi connectivity index (χ0) is 13.4. The Morgan fingerprint density at radius 3 is 2.79 bits per heavy atom. The lowest BCUT2D eigenvalue weighted by Crippen LogP contribution is -2.16. The van der Waals surface area contributed by atoms with Crippen molar-refractivity contribution >= 4 is 12.0 Å². The van der Waals surface area contributed by atoms with Crippen LogP contribution in [0.4, 0.5) is 0 Å². The number of rotatable bonds is 1. The van der Waals surface area contributed by atoms with Gasteiger partial charge in [-0.3, -0.25) is 0 Å². The van der Waals surface area contributed by atoms with E-state index in [1.54, 1.807) is 18.2 Å². The molecule has 0 amide bonds. The smallest absolute Gasteiger partial charge is 0.260 e. The first-order chi connectivity index (χ1) is 9.17. The fraction of sp³-hybridized carbons (Fsp3) is 0.0667. The number of ether oxygens (including phenoxy) is 1. The lowest BCUT2D eigenvalue weighted by Gasteiger charge is -2.15. The highest BCUT2D eigenvalue weighted by Crippen LogP contribution is 2.28. The highest BCUT2D eigenvalue weighted by Gasteiger charge is 2.11. The Kier molecular flexibility index (Phi) is 2.56. The highest BCUT2D eigenvalue weighted by molar-refractivity contribution is 5.63. The Morgan fingerprint density at radius 1 is 1.16 bits per heavy atom. The first-order valence-corrected chi connectivity index (χ1v) is 5.84. The second kappa shape index (κ2) is 4.24. The first-order valence-electron chi connectivity index (χ1n) is 5.84. The third-order valence-electron chi connectivity index (χ3n) is 3.06. The van der Waals surface area contributed by atoms with Crippen LogP contribution in [-0.4, -0.2) is 5.11 Å². The van der Waals surface area contributed by atoms with Crippen LogP contribution in [0.3, 0.4) is 0 Å². The summed E-state index contributed by atoms with van der Waals surface area (Å²) in [5.74, 6) is 0.829. The Hall–Kier alpha value is -2.62. The summed E-state index contributed by atoms with van der Waals surface area (Å²) in [5, 5.41) is 13.1. The summed E-state index contributed by atoms with van der Waals surface area (Å²) in [4.78, 5) is 10.3. The maximum absolute atomic E-state index is 10.3. The van der Waals surface area contributed by atoms with E-state index in [0.29, 0.717) is 11.0 Å². The van der Waals surface area contributed by atoms with Gasteiger partial charge >= 0.3 is 0 Å². The van der Waals surface area contributed by atoms with Gasteiger partial charge in [0, 0.05) is 21.2 Å². The zero-order valence-electron chi connectivity index (χ0n) is 10.3. The van der Waals surface area contributed by atoms with E-state index < -0.39 is 5.88 Å². The third kappa shape index (κ3) is 1.97. The first kappa shape index (κ1) is 11.5. The fourth-order valence-electron chi connectivity index (χ4n) is 2.07. The fourth-order valence-corrected chi connectivity index (χ4v) is 2.07. The van der Waals surface area contributed by atoms with Crippen molar-refractivity contribution in [2.75, 3.05) is 0 Å². The van der Waals surface area contributed by atoms with E-state index >= 15 is 0 Å². The van der Waals surface area contributed by atoms with Crippen molar-refractivity contribution in [3.63, 3.8) is 0 Å². The normalized spacial score (nSPS) is 13.5. The van der Waals surface area contributed by atoms with Gasteiger partial charge in [-0.15, -0.1) is 4.91 Å². The van der Waals surface area contributed by atoms with Gasteiger partial charge < -0.3 is 9.84 Å². The van der Waals surface area contributed by atoms with E-state index in [4.69, 9.17) is 4.74 Å². The molecule has 1 aliphatic heterocycles. The summed E-state index contributed by atoms with van der Waals surface area (Å²) in [7, 11) is 0. The van der Waals surface area contributed by atoms with Crippen LogP contribution in [0.25, 0.3) is 12.0 Å². The quantitative estimate of drug-likeness (QED) is 0.677. The Morgan fingerprint density at radius 2 is 2.00 bits per heavy atom. The molecule has 4 nitrogen and oxygen atoms in total. The van der Waals surface area contributed by atoms with E-state index in [9.17, 15) is 10.0 Å². The van der Waals surface area contributed by atoms with E-state index in [1.807, 2.05) is 31.2 Å². The van der Waals surface area contributed by atoms with Crippen LogP contribution in [0.1, 0.15) is 11.1 Å². The van der Waals surface area contributed by atoms with Crippen molar-refractivity contribution in [3.8, 4) is 11.5 Å². The minimum Gasteiger partial charge on any atom is -0.491 e. The van der Waals surface area contributed by atoms with Gasteiger partial charge in [-0.1, -0.05) is 18.2 Å². The number of aryl methyl sites for hydroxylation is 1. The molecular weight excluding hydrogens is 242 g/mol. The van der Waals surface area contributed by atoms with E-state index in [1.165, 1.54) is 0 Å². The van der Waals surface area contributed by atoms with Crippen molar-refractivity contribution in [3.05, 3.63) is 62.9 Å². The van der Waals surface area contributed by atoms with Crippen LogP contribution in [0.2, 0.25) is 0 Å². The molecule has 0 saturated heterocycles. The molecule has 0 unspecified atom stereocenters. The van der Waals surface area contributed by atoms with Crippen LogP contribution >= 0.6 is 0 Å². The molecular formula is C15H11NO3. The van der Waals surface area contributed by atoms with Crippen LogP contribution in [0, 0.1) is 11.8 Å². The highest BCUT2D eigenvalue weighted by atomic mass is 16.5. The summed E-state index contributed by atoms with van der Waals surface area (Å²) < 4.78 is 5.79. The average Bonchev–Trinajstić information content (AvgIpc) is 2.43. The van der Waals surface area contributed by atoms with E-state index in [0.717, 1.165) is 22.1 Å². The summed E-state index contributed by atoms with van der Waals surface area (Å²) in [6, 6.07) is 11.0. The molecule has 0 atom stereocenters. The van der Waals surface area contributed by atoms with Crippen LogP contribution in [0.15, 0.2) is 41.6 Å². The second-order valence-corrected chi connectivity index (χ2v) is 4.46. The number of benzene rings is 2. The molecule has 2 aromatic carbocycles. The van der Waals surface area contributed by atoms with Crippen molar-refractivity contribution in [2.45, 2.75) is 6.92 Å². The largest absolute Gasteiger partial charge is 0.491 e. The van der Waals surface area contributed by atoms with Crippen molar-refractivity contribution < 1.29 is 9.84 Å². The summed E-state index contributed by atoms with van der Waals surface area (Å²) in [6.07, 6.45) is 2.00. The number of hydrogen-bond donors (Lipinski definition) is 1. The lowest BCUT2D eigenvalue weighted by molar-refractivity contribution is 0.469. The lowest BCUT2D eigenvalue weighted by atomic mass is 10.1. The number of aliphatic hydroxyl groups excluding tert-OH is 1. The van der Waals surface area contributed by atoms with Gasteiger partial charge in [0.15, 0.2) is 0 Å². The zero-order valence-corrected chi connectivity index (χ0v) is 10.3. The van der Waals surface area contributed by atoms with Gasteiger partial charge in [-0.25, -0.2) is 0 Å². The monoisotopic (exact) mass is 253 g/mol. The van der Waals surface area contributed by atoms with Crippen LogP contribution in [-0.2, 0) is 0 Å². The summed E-state index contributed by atoms with van der Waals surface area (Å²) in [6.45, 7) is 1.99. The molecule has 4 heteroatoms. The molecule has 0 aromatic heterocycles. The van der Waals surface area contributed by atoms with Crippen molar-refractivity contribution in [2.24, 2.45) is 5.18 Å². The van der Waals surface area contributed by atoms with Crippen molar-refractivity contribution in [1.29, 1.82) is 0 Å². The molecule has 0 spiro atoms. The molecule has 1 aliphatic rings. The minimum atomic E-state index is -0.540. The maximum Gasteiger partial charge on any atom is 0.260 e. The molecule has 1 N–H and O–H groups in total. The van der Waals surface area contributed by atoms with Crippen LogP contribution in [0.5, 0.6) is 11.5 Å². The van der Waals surface area contributed by atoms with Gasteiger partial charge in [0.05, 0.1) is 0 Å². The second-order valence-electron chi connectivity index (χ2n) is 4.46. The van der Waals surface area contributed by atoms with Gasteiger partial charge in [-0.2, -0.15) is 0 Å². The molecule has 3 rings (SSSR count). The van der Waals surface area contributed by atoms with E-state index in [-0.39, 0.29) is 0 Å². The predicted octanol–water partition coefficient (Wildman–Crippen LogP) is 2.32. The summed E-state index contributed by atoms with van der Waals surface area (Å²) >= 11 is 0. The number of nitroso groups, excluding NO2 is 1. The molecule has 94 valence electrons. The number of hydrogen-bond acceptors (Lipinski definition) is 4. The van der Waals surface area contributed by atoms with Crippen molar-refractivity contribution in [1.82, 2.24) is 0 Å². The molecule has 0 aliphatic carbocycles. The van der Waals surface area contributed by atoms with Gasteiger partial charge in [0.2, 0.25) is 0 Å². The molecule has 1 heterocycles.